The van der Waals surface area contributed by atoms with E-state index in [-0.39, 0.29) is 29.8 Å². The first kappa shape index (κ1) is 31.9. The molecule has 1 N–H and O–H groups in total. The van der Waals surface area contributed by atoms with Crippen molar-refractivity contribution >= 4 is 17.7 Å². The van der Waals surface area contributed by atoms with Gasteiger partial charge in [0, 0.05) is 11.1 Å². The fraction of sp³-hybridized carbons (Fsp3) is 0.419. The maximum absolute atomic E-state index is 13.5. The Labute approximate surface area is 254 Å². The summed E-state index contributed by atoms with van der Waals surface area (Å²) < 4.78 is 92.0. The van der Waals surface area contributed by atoms with Crippen LogP contribution in [0.2, 0.25) is 5.15 Å². The van der Waals surface area contributed by atoms with Crippen molar-refractivity contribution in [2.45, 2.75) is 75.7 Å². The molecule has 2 fully saturated rings. The molecular formula is C31H29ClF6N2O4. The van der Waals surface area contributed by atoms with Gasteiger partial charge in [-0.2, -0.15) is 26.3 Å². The molecule has 0 spiro atoms. The van der Waals surface area contributed by atoms with E-state index in [2.05, 4.69) is 4.98 Å². The zero-order valence-electron chi connectivity index (χ0n) is 23.7. The summed E-state index contributed by atoms with van der Waals surface area (Å²) in [5.41, 5.74) is -0.819. The molecule has 1 saturated heterocycles. The molecular weight excluding hydrogens is 614 g/mol. The molecule has 1 aromatic heterocycles. The number of aromatic nitrogens is 1. The molecule has 0 bridgehead atoms. The lowest BCUT2D eigenvalue weighted by molar-refractivity contribution is -0.143. The molecule has 1 saturated carbocycles. The molecule has 0 radical (unpaired) electrons. The topological polar surface area (TPSA) is 71.9 Å². The normalized spacial score (nSPS) is 22.7. The number of halogens is 7. The first-order chi connectivity index (χ1) is 20.7. The molecule has 2 heterocycles. The van der Waals surface area contributed by atoms with Crippen LogP contribution in [-0.2, 0) is 23.6 Å². The summed E-state index contributed by atoms with van der Waals surface area (Å²) in [7, 11) is 1.51. The van der Waals surface area contributed by atoms with Gasteiger partial charge in [0.05, 0.1) is 42.6 Å². The van der Waals surface area contributed by atoms with E-state index >= 15 is 0 Å². The number of amides is 1. The van der Waals surface area contributed by atoms with E-state index in [1.54, 1.807) is 12.1 Å². The Morgan fingerprint density at radius 2 is 1.57 bits per heavy atom. The van der Waals surface area contributed by atoms with Crippen molar-refractivity contribution in [1.29, 1.82) is 0 Å². The van der Waals surface area contributed by atoms with E-state index in [0.29, 0.717) is 47.5 Å². The second kappa shape index (κ2) is 12.1. The van der Waals surface area contributed by atoms with E-state index in [4.69, 9.17) is 21.1 Å². The number of benzene rings is 2. The third kappa shape index (κ3) is 6.61. The van der Waals surface area contributed by atoms with E-state index in [0.717, 1.165) is 18.4 Å². The van der Waals surface area contributed by atoms with Gasteiger partial charge < -0.3 is 14.6 Å². The van der Waals surface area contributed by atoms with Crippen LogP contribution in [0.25, 0.3) is 11.1 Å². The molecule has 13 heteroatoms. The number of hydrogen-bond donors (Lipinski definition) is 1. The lowest BCUT2D eigenvalue weighted by Crippen LogP contribution is -2.32. The molecule has 1 amide bonds. The van der Waals surface area contributed by atoms with Crippen LogP contribution < -0.4 is 4.74 Å². The molecule has 2 atom stereocenters. The second-order valence-electron chi connectivity index (χ2n) is 11.1. The number of pyridine rings is 1. The van der Waals surface area contributed by atoms with Crippen molar-refractivity contribution in [3.8, 4) is 16.9 Å². The minimum Gasteiger partial charge on any atom is -0.496 e. The number of nitrogens with zero attached hydrogens (tertiary/aromatic N) is 2. The number of aliphatic hydroxyl groups is 1. The predicted octanol–water partition coefficient (Wildman–Crippen LogP) is 8.55. The Balaban J connectivity index is 1.49. The average Bonchev–Trinajstić information content (AvgIpc) is 3.24. The van der Waals surface area contributed by atoms with Gasteiger partial charge in [0.1, 0.15) is 17.0 Å². The molecule has 2 aromatic carbocycles. The van der Waals surface area contributed by atoms with Crippen LogP contribution >= 0.6 is 11.6 Å². The first-order valence-corrected chi connectivity index (χ1v) is 14.3. The van der Waals surface area contributed by atoms with Gasteiger partial charge in [-0.15, -0.1) is 0 Å². The molecule has 5 rings (SSSR count). The molecule has 6 nitrogen and oxygen atoms in total. The Kier molecular flexibility index (Phi) is 8.78. The van der Waals surface area contributed by atoms with Crippen molar-refractivity contribution in [3.05, 3.63) is 81.6 Å². The summed E-state index contributed by atoms with van der Waals surface area (Å²) in [5.74, 6) is 0.740. The zero-order chi connectivity index (χ0) is 32.0. The highest BCUT2D eigenvalue weighted by Crippen LogP contribution is 2.43. The Morgan fingerprint density at radius 3 is 2.16 bits per heavy atom. The fourth-order valence-electron chi connectivity index (χ4n) is 5.90. The molecule has 236 valence electrons. The lowest BCUT2D eigenvalue weighted by Gasteiger charge is -2.27. The van der Waals surface area contributed by atoms with Gasteiger partial charge in [-0.25, -0.2) is 9.78 Å². The summed E-state index contributed by atoms with van der Waals surface area (Å²) in [4.78, 5) is 18.7. The van der Waals surface area contributed by atoms with Crippen LogP contribution in [0.4, 0.5) is 31.1 Å². The Morgan fingerprint density at radius 1 is 0.932 bits per heavy atom. The monoisotopic (exact) mass is 642 g/mol. The molecule has 0 unspecified atom stereocenters. The number of ether oxygens (including phenoxy) is 2. The summed E-state index contributed by atoms with van der Waals surface area (Å²) in [6, 6.07) is 9.23. The number of carbonyl (C=O) groups is 1. The molecule has 2 aliphatic rings. The summed E-state index contributed by atoms with van der Waals surface area (Å²) in [6.07, 6.45) is -9.77. The molecule has 1 aliphatic heterocycles. The molecule has 1 aliphatic carbocycles. The fourth-order valence-corrected chi connectivity index (χ4v) is 6.07. The highest BCUT2D eigenvalue weighted by atomic mass is 35.5. The Hall–Kier alpha value is -3.51. The highest BCUT2D eigenvalue weighted by molar-refractivity contribution is 6.29. The minimum absolute atomic E-state index is 0.0296. The quantitative estimate of drug-likeness (QED) is 0.216. The van der Waals surface area contributed by atoms with Gasteiger partial charge in [0.15, 0.2) is 0 Å². The van der Waals surface area contributed by atoms with E-state index in [1.807, 2.05) is 18.2 Å². The number of hydrogen-bond acceptors (Lipinski definition) is 5. The number of aliphatic hydroxyl groups excluding tert-OH is 1. The van der Waals surface area contributed by atoms with Crippen LogP contribution in [-0.4, -0.2) is 40.3 Å². The maximum Gasteiger partial charge on any atom is 0.416 e. The standard InChI is InChI=1S/C31H29ClF6N2O4/c1-16-28(19-11-20(30(33,34)35)14-21(12-19)31(36,37)38)44-29(42)40(16)15-25-23(8-10-27(32)39-25)24-13-18(5-9-26(24)43-2)17-3-6-22(41)7-4-17/h5,8-14,16-17,22,28,41H,3-4,6-7,15H2,1-2H3/t16-,17?,22?,28-/m0/s1. The van der Waals surface area contributed by atoms with Crippen molar-refractivity contribution in [2.24, 2.45) is 0 Å². The smallest absolute Gasteiger partial charge is 0.416 e. The lowest BCUT2D eigenvalue weighted by atomic mass is 9.82. The summed E-state index contributed by atoms with van der Waals surface area (Å²) >= 11 is 6.23. The number of carbonyl (C=O) groups excluding carboxylic acids is 1. The molecule has 44 heavy (non-hydrogen) atoms. The van der Waals surface area contributed by atoms with Crippen LogP contribution in [0.1, 0.15) is 72.6 Å². The largest absolute Gasteiger partial charge is 0.496 e. The predicted molar refractivity (Wildman–Crippen MR) is 149 cm³/mol. The van der Waals surface area contributed by atoms with Crippen molar-refractivity contribution in [3.63, 3.8) is 0 Å². The van der Waals surface area contributed by atoms with Crippen molar-refractivity contribution in [1.82, 2.24) is 9.88 Å². The third-order valence-electron chi connectivity index (χ3n) is 8.27. The van der Waals surface area contributed by atoms with E-state index in [1.165, 1.54) is 18.9 Å². The van der Waals surface area contributed by atoms with Gasteiger partial charge in [0.25, 0.3) is 0 Å². The van der Waals surface area contributed by atoms with Gasteiger partial charge in [0.2, 0.25) is 0 Å². The van der Waals surface area contributed by atoms with Crippen LogP contribution in [0.15, 0.2) is 48.5 Å². The highest BCUT2D eigenvalue weighted by Gasteiger charge is 2.43. The number of cyclic esters (lactones) is 1. The van der Waals surface area contributed by atoms with Crippen molar-refractivity contribution in [2.75, 3.05) is 7.11 Å². The average molecular weight is 643 g/mol. The molecule has 3 aromatic rings. The van der Waals surface area contributed by atoms with E-state index < -0.39 is 47.3 Å². The van der Waals surface area contributed by atoms with E-state index in [9.17, 15) is 36.2 Å². The number of alkyl halides is 6. The van der Waals surface area contributed by atoms with Gasteiger partial charge in [-0.05, 0) is 92.1 Å². The maximum atomic E-state index is 13.5. The van der Waals surface area contributed by atoms with Gasteiger partial charge in [-0.1, -0.05) is 17.7 Å². The van der Waals surface area contributed by atoms with Gasteiger partial charge in [-0.3, -0.25) is 4.90 Å². The third-order valence-corrected chi connectivity index (χ3v) is 8.48. The zero-order valence-corrected chi connectivity index (χ0v) is 24.4. The Bertz CT molecular complexity index is 1510. The number of rotatable bonds is 6. The number of methoxy groups -OCH3 is 1. The summed E-state index contributed by atoms with van der Waals surface area (Å²) in [6.45, 7) is 1.28. The van der Waals surface area contributed by atoms with Crippen LogP contribution in [0, 0.1) is 0 Å². The van der Waals surface area contributed by atoms with Crippen LogP contribution in [0.3, 0.4) is 0 Å². The van der Waals surface area contributed by atoms with Gasteiger partial charge >= 0.3 is 18.4 Å². The second-order valence-corrected chi connectivity index (χ2v) is 11.5. The SMILES string of the molecule is COc1ccc(C2CCC(O)CC2)cc1-c1ccc(Cl)nc1CN1C(=O)O[C@H](c2cc(C(F)(F)F)cc(C(F)(F)F)c2)[C@@H]1C. The van der Waals surface area contributed by atoms with Crippen LogP contribution in [0.5, 0.6) is 5.75 Å². The minimum atomic E-state index is -5.05. The summed E-state index contributed by atoms with van der Waals surface area (Å²) in [5, 5.41) is 10.1. The first-order valence-electron chi connectivity index (χ1n) is 13.9. The van der Waals surface area contributed by atoms with Crippen molar-refractivity contribution < 1.29 is 45.7 Å².